The number of ether oxygens (including phenoxy) is 1. The van der Waals surface area contributed by atoms with E-state index in [9.17, 15) is 9.59 Å². The van der Waals surface area contributed by atoms with E-state index in [2.05, 4.69) is 22.9 Å². The van der Waals surface area contributed by atoms with E-state index in [1.807, 2.05) is 31.2 Å². The molecule has 0 bridgehead atoms. The van der Waals surface area contributed by atoms with Gasteiger partial charge in [0.25, 0.3) is 0 Å². The molecule has 1 aromatic carbocycles. The second-order valence-electron chi connectivity index (χ2n) is 6.63. The summed E-state index contributed by atoms with van der Waals surface area (Å²) in [7, 11) is 1.67. The first kappa shape index (κ1) is 19.1. The van der Waals surface area contributed by atoms with Gasteiger partial charge in [-0.2, -0.15) is 0 Å². The van der Waals surface area contributed by atoms with Crippen molar-refractivity contribution in [3.63, 3.8) is 0 Å². The predicted octanol–water partition coefficient (Wildman–Crippen LogP) is 3.29. The lowest BCUT2D eigenvalue weighted by atomic mass is 9.85. The van der Waals surface area contributed by atoms with Crippen LogP contribution in [-0.2, 0) is 4.79 Å². The highest BCUT2D eigenvalue weighted by Gasteiger charge is 2.26. The number of anilines is 1. The van der Waals surface area contributed by atoms with Gasteiger partial charge in [-0.3, -0.25) is 4.79 Å². The van der Waals surface area contributed by atoms with Gasteiger partial charge >= 0.3 is 6.03 Å². The first-order valence-electron chi connectivity index (χ1n) is 9.07. The van der Waals surface area contributed by atoms with Gasteiger partial charge < -0.3 is 20.7 Å². The zero-order chi connectivity index (χ0) is 18.2. The summed E-state index contributed by atoms with van der Waals surface area (Å²) in [6.07, 6.45) is 4.33. The average Bonchev–Trinajstić information content (AvgIpc) is 2.61. The fraction of sp³-hybridized carbons (Fsp3) is 0.579. The van der Waals surface area contributed by atoms with E-state index >= 15 is 0 Å². The minimum atomic E-state index is -0.218. The summed E-state index contributed by atoms with van der Waals surface area (Å²) < 4.78 is 5.77. The van der Waals surface area contributed by atoms with Gasteiger partial charge in [-0.05, 0) is 51.2 Å². The molecule has 3 N–H and O–H groups in total. The Kier molecular flexibility index (Phi) is 7.10. The zero-order valence-electron chi connectivity index (χ0n) is 15.3. The van der Waals surface area contributed by atoms with E-state index < -0.39 is 0 Å². The van der Waals surface area contributed by atoms with Crippen LogP contribution in [-0.4, -0.2) is 31.1 Å². The smallest absolute Gasteiger partial charge is 0.319 e. The Labute approximate surface area is 149 Å². The molecule has 1 unspecified atom stereocenters. The van der Waals surface area contributed by atoms with Crippen molar-refractivity contribution in [2.75, 3.05) is 12.4 Å². The minimum absolute atomic E-state index is 0.0699. The molecule has 1 atom stereocenters. The van der Waals surface area contributed by atoms with Crippen molar-refractivity contribution in [1.82, 2.24) is 10.6 Å². The van der Waals surface area contributed by atoms with Crippen molar-refractivity contribution in [3.05, 3.63) is 24.3 Å². The van der Waals surface area contributed by atoms with E-state index in [1.165, 1.54) is 0 Å². The molecule has 6 nitrogen and oxygen atoms in total. The highest BCUT2D eigenvalue weighted by molar-refractivity contribution is 5.89. The molecule has 138 valence electrons. The van der Waals surface area contributed by atoms with E-state index in [-0.39, 0.29) is 30.0 Å². The van der Waals surface area contributed by atoms with Crippen LogP contribution in [0.3, 0.4) is 0 Å². The summed E-state index contributed by atoms with van der Waals surface area (Å²) >= 11 is 0. The quantitative estimate of drug-likeness (QED) is 0.739. The molecule has 2 rings (SSSR count). The minimum Gasteiger partial charge on any atom is -0.491 e. The number of urea groups is 1. The molecule has 1 aliphatic rings. The summed E-state index contributed by atoms with van der Waals surface area (Å²) in [5.41, 5.74) is 0.706. The van der Waals surface area contributed by atoms with Gasteiger partial charge in [0.2, 0.25) is 5.91 Å². The highest BCUT2D eigenvalue weighted by Crippen LogP contribution is 2.24. The maximum absolute atomic E-state index is 12.2. The topological polar surface area (TPSA) is 79.5 Å². The second kappa shape index (κ2) is 9.30. The highest BCUT2D eigenvalue weighted by atomic mass is 16.5. The molecule has 25 heavy (non-hydrogen) atoms. The van der Waals surface area contributed by atoms with Crippen molar-refractivity contribution in [2.24, 2.45) is 5.92 Å². The van der Waals surface area contributed by atoms with Crippen molar-refractivity contribution in [1.29, 1.82) is 0 Å². The summed E-state index contributed by atoms with van der Waals surface area (Å²) in [4.78, 5) is 23.8. The second-order valence-corrected chi connectivity index (χ2v) is 6.63. The van der Waals surface area contributed by atoms with Gasteiger partial charge in [-0.1, -0.05) is 13.0 Å². The number of amides is 3. The molecule has 6 heteroatoms. The first-order chi connectivity index (χ1) is 12.0. The van der Waals surface area contributed by atoms with Crippen LogP contribution in [0.15, 0.2) is 24.3 Å². The summed E-state index contributed by atoms with van der Waals surface area (Å²) in [6, 6.07) is 7.31. The van der Waals surface area contributed by atoms with Crippen molar-refractivity contribution >= 4 is 17.6 Å². The molecule has 1 fully saturated rings. The third-order valence-corrected chi connectivity index (χ3v) is 4.68. The molecule has 1 saturated carbocycles. The van der Waals surface area contributed by atoms with Gasteiger partial charge in [0.1, 0.15) is 5.75 Å². The summed E-state index contributed by atoms with van der Waals surface area (Å²) in [5, 5.41) is 8.55. The lowest BCUT2D eigenvalue weighted by Gasteiger charge is -2.28. The van der Waals surface area contributed by atoms with Crippen LogP contribution in [0.5, 0.6) is 5.75 Å². The number of benzene rings is 1. The number of carbonyl (C=O) groups excluding carboxylic acids is 2. The van der Waals surface area contributed by atoms with Crippen LogP contribution in [0.2, 0.25) is 0 Å². The van der Waals surface area contributed by atoms with Crippen molar-refractivity contribution in [3.8, 4) is 5.75 Å². The number of rotatable bonds is 6. The standard InChI is InChI=1S/C19H29N3O3/c1-4-13(2)25-17-7-5-6-16(12-17)22-19(24)21-15-10-8-14(9-11-15)18(23)20-3/h5-7,12-15H,4,8-11H2,1-3H3,(H,20,23)(H2,21,22,24). The Morgan fingerprint density at radius 3 is 2.60 bits per heavy atom. The SMILES string of the molecule is CCC(C)Oc1cccc(NC(=O)NC2CCC(C(=O)NC)CC2)c1. The molecule has 0 saturated heterocycles. The largest absolute Gasteiger partial charge is 0.491 e. The van der Waals surface area contributed by atoms with Gasteiger partial charge in [0, 0.05) is 30.8 Å². The third kappa shape index (κ3) is 5.96. The van der Waals surface area contributed by atoms with Crippen LogP contribution in [0, 0.1) is 5.92 Å². The molecule has 0 heterocycles. The molecule has 0 radical (unpaired) electrons. The Bertz CT molecular complexity index is 583. The normalized spacial score (nSPS) is 21.1. The van der Waals surface area contributed by atoms with Gasteiger partial charge in [0.05, 0.1) is 6.10 Å². The Hall–Kier alpha value is -2.24. The molecule has 1 aliphatic carbocycles. The molecule has 0 aliphatic heterocycles. The Morgan fingerprint density at radius 2 is 1.96 bits per heavy atom. The molecular weight excluding hydrogens is 318 g/mol. The monoisotopic (exact) mass is 347 g/mol. The first-order valence-corrected chi connectivity index (χ1v) is 9.07. The lowest BCUT2D eigenvalue weighted by Crippen LogP contribution is -2.42. The number of carbonyl (C=O) groups is 2. The molecule has 0 aromatic heterocycles. The fourth-order valence-corrected chi connectivity index (χ4v) is 3.02. The van der Waals surface area contributed by atoms with Crippen LogP contribution < -0.4 is 20.7 Å². The van der Waals surface area contributed by atoms with Crippen LogP contribution in [0.1, 0.15) is 46.0 Å². The molecule has 1 aromatic rings. The predicted molar refractivity (Wildman–Crippen MR) is 98.8 cm³/mol. The van der Waals surface area contributed by atoms with E-state index in [0.29, 0.717) is 5.69 Å². The van der Waals surface area contributed by atoms with E-state index in [4.69, 9.17) is 4.74 Å². The molecule has 0 spiro atoms. The summed E-state index contributed by atoms with van der Waals surface area (Å²) in [5.74, 6) is 0.916. The van der Waals surface area contributed by atoms with Crippen LogP contribution in [0.25, 0.3) is 0 Å². The maximum atomic E-state index is 12.2. The average molecular weight is 347 g/mol. The van der Waals surface area contributed by atoms with E-state index in [0.717, 1.165) is 37.9 Å². The Morgan fingerprint density at radius 1 is 1.24 bits per heavy atom. The van der Waals surface area contributed by atoms with Gasteiger partial charge in [-0.15, -0.1) is 0 Å². The number of nitrogens with one attached hydrogen (secondary N) is 3. The Balaban J connectivity index is 1.81. The number of hydrogen-bond acceptors (Lipinski definition) is 3. The maximum Gasteiger partial charge on any atom is 0.319 e. The number of hydrogen-bond donors (Lipinski definition) is 3. The zero-order valence-corrected chi connectivity index (χ0v) is 15.3. The lowest BCUT2D eigenvalue weighted by molar-refractivity contribution is -0.125. The van der Waals surface area contributed by atoms with Gasteiger partial charge in [0.15, 0.2) is 0 Å². The van der Waals surface area contributed by atoms with Gasteiger partial charge in [-0.25, -0.2) is 4.79 Å². The van der Waals surface area contributed by atoms with Crippen molar-refractivity contribution < 1.29 is 14.3 Å². The molecular formula is C19H29N3O3. The fourth-order valence-electron chi connectivity index (χ4n) is 3.02. The van der Waals surface area contributed by atoms with Crippen LogP contribution >= 0.6 is 0 Å². The van der Waals surface area contributed by atoms with E-state index in [1.54, 1.807) is 7.05 Å². The molecule has 3 amide bonds. The third-order valence-electron chi connectivity index (χ3n) is 4.68. The van der Waals surface area contributed by atoms with Crippen molar-refractivity contribution in [2.45, 2.75) is 58.1 Å². The van der Waals surface area contributed by atoms with Crippen LogP contribution in [0.4, 0.5) is 10.5 Å². The summed E-state index contributed by atoms with van der Waals surface area (Å²) in [6.45, 7) is 4.08.